The van der Waals surface area contributed by atoms with Crippen LogP contribution in [-0.2, 0) is 5.54 Å². The van der Waals surface area contributed by atoms with Gasteiger partial charge in [0.25, 0.3) is 0 Å². The number of nitrogens with zero attached hydrogens (tertiary/aromatic N) is 1. The van der Waals surface area contributed by atoms with E-state index in [9.17, 15) is 4.39 Å². The predicted molar refractivity (Wildman–Crippen MR) is 86.7 cm³/mol. The zero-order valence-corrected chi connectivity index (χ0v) is 13.4. The Hall–Kier alpha value is -0.930. The van der Waals surface area contributed by atoms with Gasteiger partial charge in [-0.25, -0.2) is 4.39 Å². The third-order valence-electron chi connectivity index (χ3n) is 4.79. The maximum Gasteiger partial charge on any atom is 0.128 e. The molecule has 0 spiro atoms. The first-order chi connectivity index (χ1) is 10.1. The van der Waals surface area contributed by atoms with Gasteiger partial charge in [0.15, 0.2) is 0 Å². The Morgan fingerprint density at radius 3 is 2.38 bits per heavy atom. The van der Waals surface area contributed by atoms with Crippen LogP contribution in [0.4, 0.5) is 4.39 Å². The van der Waals surface area contributed by atoms with Gasteiger partial charge in [-0.15, -0.1) is 0 Å². The van der Waals surface area contributed by atoms with E-state index in [2.05, 4.69) is 11.8 Å². The van der Waals surface area contributed by atoms with E-state index in [-0.39, 0.29) is 11.9 Å². The molecule has 0 aromatic heterocycles. The van der Waals surface area contributed by atoms with E-state index in [1.54, 1.807) is 6.07 Å². The van der Waals surface area contributed by atoms with E-state index in [4.69, 9.17) is 5.73 Å². The van der Waals surface area contributed by atoms with Gasteiger partial charge < -0.3 is 5.73 Å². The molecule has 1 aromatic carbocycles. The molecule has 21 heavy (non-hydrogen) atoms. The van der Waals surface area contributed by atoms with E-state index >= 15 is 0 Å². The van der Waals surface area contributed by atoms with Gasteiger partial charge in [-0.1, -0.05) is 44.4 Å². The molecule has 2 nitrogen and oxygen atoms in total. The molecule has 1 heterocycles. The highest BCUT2D eigenvalue weighted by Crippen LogP contribution is 2.31. The standard InChI is InChI=1S/C18H29FN2/c1-3-10-17(21-13-8-4-5-9-14-21)18(2,20)15-11-6-7-12-16(15)19/h6-7,11-12,17H,3-5,8-10,13-14,20H2,1-2H3. The van der Waals surface area contributed by atoms with Crippen LogP contribution in [0.5, 0.6) is 0 Å². The lowest BCUT2D eigenvalue weighted by Crippen LogP contribution is -2.55. The maximum absolute atomic E-state index is 14.2. The Morgan fingerprint density at radius 2 is 1.81 bits per heavy atom. The van der Waals surface area contributed by atoms with Gasteiger partial charge in [0.2, 0.25) is 0 Å². The molecule has 2 atom stereocenters. The Labute approximate surface area is 128 Å². The summed E-state index contributed by atoms with van der Waals surface area (Å²) in [5.74, 6) is -0.182. The van der Waals surface area contributed by atoms with Crippen molar-refractivity contribution in [2.24, 2.45) is 5.73 Å². The number of rotatable bonds is 5. The summed E-state index contributed by atoms with van der Waals surface area (Å²) < 4.78 is 14.2. The minimum absolute atomic E-state index is 0.182. The van der Waals surface area contributed by atoms with Crippen molar-refractivity contribution < 1.29 is 4.39 Å². The van der Waals surface area contributed by atoms with Crippen molar-refractivity contribution in [2.45, 2.75) is 64.0 Å². The third kappa shape index (κ3) is 3.83. The molecule has 0 amide bonds. The molecule has 3 heteroatoms. The molecule has 1 aliphatic rings. The average Bonchev–Trinajstić information content (AvgIpc) is 2.73. The van der Waals surface area contributed by atoms with Crippen LogP contribution in [0.25, 0.3) is 0 Å². The highest BCUT2D eigenvalue weighted by atomic mass is 19.1. The first kappa shape index (κ1) is 16.4. The Balaban J connectivity index is 2.28. The van der Waals surface area contributed by atoms with Gasteiger partial charge in [-0.2, -0.15) is 0 Å². The summed E-state index contributed by atoms with van der Waals surface area (Å²) >= 11 is 0. The fourth-order valence-corrected chi connectivity index (χ4v) is 3.62. The second kappa shape index (κ2) is 7.37. The fourth-order valence-electron chi connectivity index (χ4n) is 3.62. The summed E-state index contributed by atoms with van der Waals surface area (Å²) in [5, 5.41) is 0. The van der Waals surface area contributed by atoms with Crippen molar-refractivity contribution in [2.75, 3.05) is 13.1 Å². The number of hydrogen-bond acceptors (Lipinski definition) is 2. The van der Waals surface area contributed by atoms with E-state index in [0.717, 1.165) is 25.9 Å². The van der Waals surface area contributed by atoms with E-state index in [1.807, 2.05) is 19.1 Å². The number of likely N-dealkylation sites (tertiary alicyclic amines) is 1. The van der Waals surface area contributed by atoms with Gasteiger partial charge in [0.1, 0.15) is 5.82 Å². The Morgan fingerprint density at radius 1 is 1.19 bits per heavy atom. The summed E-state index contributed by atoms with van der Waals surface area (Å²) in [5.41, 5.74) is 6.67. The first-order valence-electron chi connectivity index (χ1n) is 8.35. The second-order valence-electron chi connectivity index (χ2n) is 6.52. The average molecular weight is 292 g/mol. The topological polar surface area (TPSA) is 29.3 Å². The molecule has 0 saturated carbocycles. The van der Waals surface area contributed by atoms with Gasteiger partial charge >= 0.3 is 0 Å². The molecule has 0 radical (unpaired) electrons. The number of nitrogens with two attached hydrogens (primary N) is 1. The molecule has 2 unspecified atom stereocenters. The molecule has 0 aliphatic carbocycles. The molecule has 1 fully saturated rings. The minimum Gasteiger partial charge on any atom is -0.320 e. The smallest absolute Gasteiger partial charge is 0.128 e. The second-order valence-corrected chi connectivity index (χ2v) is 6.52. The zero-order valence-electron chi connectivity index (χ0n) is 13.4. The van der Waals surface area contributed by atoms with Gasteiger partial charge in [-0.3, -0.25) is 4.90 Å². The van der Waals surface area contributed by atoms with E-state index in [1.165, 1.54) is 31.7 Å². The van der Waals surface area contributed by atoms with Crippen molar-refractivity contribution in [3.8, 4) is 0 Å². The number of halogens is 1. The summed E-state index contributed by atoms with van der Waals surface area (Å²) in [7, 11) is 0. The van der Waals surface area contributed by atoms with E-state index < -0.39 is 5.54 Å². The van der Waals surface area contributed by atoms with Crippen molar-refractivity contribution in [1.29, 1.82) is 0 Å². The van der Waals surface area contributed by atoms with Crippen molar-refractivity contribution >= 4 is 0 Å². The van der Waals surface area contributed by atoms with Crippen LogP contribution in [0.2, 0.25) is 0 Å². The lowest BCUT2D eigenvalue weighted by Gasteiger charge is -2.42. The van der Waals surface area contributed by atoms with Crippen LogP contribution in [0.15, 0.2) is 24.3 Å². The molecule has 2 N–H and O–H groups in total. The summed E-state index contributed by atoms with van der Waals surface area (Å²) in [4.78, 5) is 2.50. The summed E-state index contributed by atoms with van der Waals surface area (Å²) in [6.45, 7) is 6.36. The molecule has 1 aromatic rings. The monoisotopic (exact) mass is 292 g/mol. The Bertz CT molecular complexity index is 437. The van der Waals surface area contributed by atoms with Gasteiger partial charge in [-0.05, 0) is 45.3 Å². The minimum atomic E-state index is -0.647. The van der Waals surface area contributed by atoms with Gasteiger partial charge in [0, 0.05) is 11.6 Å². The molecule has 118 valence electrons. The van der Waals surface area contributed by atoms with Crippen LogP contribution >= 0.6 is 0 Å². The van der Waals surface area contributed by atoms with Gasteiger partial charge in [0.05, 0.1) is 5.54 Å². The lowest BCUT2D eigenvalue weighted by atomic mass is 9.81. The summed E-state index contributed by atoms with van der Waals surface area (Å²) in [6.07, 6.45) is 7.15. The normalized spacial score (nSPS) is 21.5. The molecule has 1 aliphatic heterocycles. The van der Waals surface area contributed by atoms with Crippen LogP contribution in [0.1, 0.15) is 57.9 Å². The maximum atomic E-state index is 14.2. The highest BCUT2D eigenvalue weighted by Gasteiger charge is 2.37. The van der Waals surface area contributed by atoms with Crippen molar-refractivity contribution in [1.82, 2.24) is 4.90 Å². The third-order valence-corrected chi connectivity index (χ3v) is 4.79. The van der Waals surface area contributed by atoms with Crippen LogP contribution in [0, 0.1) is 5.82 Å². The molecule has 2 rings (SSSR count). The summed E-state index contributed by atoms with van der Waals surface area (Å²) in [6, 6.07) is 7.18. The SMILES string of the molecule is CCCC(N1CCCCCC1)C(C)(N)c1ccccc1F. The first-order valence-corrected chi connectivity index (χ1v) is 8.35. The van der Waals surface area contributed by atoms with Crippen LogP contribution in [0.3, 0.4) is 0 Å². The highest BCUT2D eigenvalue weighted by molar-refractivity contribution is 5.27. The van der Waals surface area contributed by atoms with Crippen molar-refractivity contribution in [3.05, 3.63) is 35.6 Å². The Kier molecular flexibility index (Phi) is 5.77. The molecule has 0 bridgehead atoms. The molecule has 1 saturated heterocycles. The predicted octanol–water partition coefficient (Wildman–Crippen LogP) is 4.04. The van der Waals surface area contributed by atoms with Crippen LogP contribution in [-0.4, -0.2) is 24.0 Å². The van der Waals surface area contributed by atoms with Crippen molar-refractivity contribution in [3.63, 3.8) is 0 Å². The molecular weight excluding hydrogens is 263 g/mol. The quantitative estimate of drug-likeness (QED) is 0.887. The van der Waals surface area contributed by atoms with Crippen LogP contribution < -0.4 is 5.73 Å². The van der Waals surface area contributed by atoms with E-state index in [0.29, 0.717) is 5.56 Å². The lowest BCUT2D eigenvalue weighted by molar-refractivity contribution is 0.119. The number of hydrogen-bond donors (Lipinski definition) is 1. The fraction of sp³-hybridized carbons (Fsp3) is 0.667. The number of benzene rings is 1. The largest absolute Gasteiger partial charge is 0.320 e. The zero-order chi connectivity index (χ0) is 15.3. The molecular formula is C18H29FN2.